The number of ether oxygens (including phenoxy) is 4. The molecule has 17 heteroatoms. The molecule has 0 saturated carbocycles. The minimum Gasteiger partial charge on any atom is -0.493 e. The molecule has 0 bridgehead atoms. The van der Waals surface area contributed by atoms with E-state index in [2.05, 4.69) is 20.6 Å². The maximum atomic E-state index is 13.1. The standard InChI is InChI=1S/C34H35N7O9S/c1-39-16-19(11-25(39)33(46)50-21-12-26(32(45)48-4)40(2)17-21)36-30(43)24-18-51-34(37-24)38-29(42)8-6-10-49-28-14-23-22(13-27(28)47-3)31(44)41-9-5-7-20(41)15-35-23/h11-18,20H,5-10H2,1-4H3,(H,36,43)(H,37,38,42)/t20-/m0/s1. The van der Waals surface area contributed by atoms with E-state index >= 15 is 0 Å². The van der Waals surface area contributed by atoms with E-state index < -0.39 is 17.8 Å². The summed E-state index contributed by atoms with van der Waals surface area (Å²) >= 11 is 1.09. The third-order valence-corrected chi connectivity index (χ3v) is 9.06. The molecule has 0 spiro atoms. The predicted molar refractivity (Wildman–Crippen MR) is 186 cm³/mol. The van der Waals surface area contributed by atoms with Crippen molar-refractivity contribution >= 4 is 63.7 Å². The molecule has 1 fully saturated rings. The smallest absolute Gasteiger partial charge is 0.360 e. The van der Waals surface area contributed by atoms with E-state index in [9.17, 15) is 24.0 Å². The van der Waals surface area contributed by atoms with Crippen molar-refractivity contribution in [3.63, 3.8) is 0 Å². The number of nitrogens with one attached hydrogen (secondary N) is 2. The van der Waals surface area contributed by atoms with Crippen molar-refractivity contribution in [3.8, 4) is 17.2 Å². The summed E-state index contributed by atoms with van der Waals surface area (Å²) in [6, 6.07) is 6.15. The van der Waals surface area contributed by atoms with E-state index in [0.29, 0.717) is 41.4 Å². The van der Waals surface area contributed by atoms with E-state index in [-0.39, 0.29) is 58.8 Å². The van der Waals surface area contributed by atoms with Gasteiger partial charge < -0.3 is 43.6 Å². The Kier molecular flexibility index (Phi) is 10.2. The lowest BCUT2D eigenvalue weighted by atomic mass is 10.1. The lowest BCUT2D eigenvalue weighted by Crippen LogP contribution is -2.35. The molecule has 51 heavy (non-hydrogen) atoms. The number of carbonyl (C=O) groups is 5. The number of rotatable bonds is 12. The second-order valence-corrected chi connectivity index (χ2v) is 12.6. The number of aliphatic imine (C=N–C) groups is 1. The molecule has 2 aliphatic rings. The van der Waals surface area contributed by atoms with E-state index in [1.807, 2.05) is 4.90 Å². The second-order valence-electron chi connectivity index (χ2n) is 11.8. The highest BCUT2D eigenvalue weighted by Crippen LogP contribution is 2.38. The highest BCUT2D eigenvalue weighted by molar-refractivity contribution is 7.14. The molecule has 5 heterocycles. The van der Waals surface area contributed by atoms with Gasteiger partial charge in [0.1, 0.15) is 22.8 Å². The van der Waals surface area contributed by atoms with Gasteiger partial charge in [0.2, 0.25) is 5.91 Å². The zero-order valence-electron chi connectivity index (χ0n) is 28.3. The zero-order valence-corrected chi connectivity index (χ0v) is 29.1. The van der Waals surface area contributed by atoms with Crippen molar-refractivity contribution < 1.29 is 42.9 Å². The molecule has 0 unspecified atom stereocenters. The van der Waals surface area contributed by atoms with Gasteiger partial charge in [-0.3, -0.25) is 19.4 Å². The van der Waals surface area contributed by atoms with Crippen LogP contribution in [0.2, 0.25) is 0 Å². The van der Waals surface area contributed by atoms with Gasteiger partial charge in [-0.2, -0.15) is 0 Å². The average molecular weight is 718 g/mol. The maximum Gasteiger partial charge on any atom is 0.360 e. The quantitative estimate of drug-likeness (QED) is 0.159. The Morgan fingerprint density at radius 2 is 1.76 bits per heavy atom. The molecular formula is C34H35N7O9S. The molecule has 2 aliphatic heterocycles. The molecule has 266 valence electrons. The number of methoxy groups -OCH3 is 2. The SMILES string of the molecule is COC(=O)c1cc(OC(=O)c2cc(NC(=O)c3csc(NC(=O)CCCOc4cc5c(cc4OC)C(=O)N4CCC[C@H]4C=N5)n3)cn2C)cn1C. The van der Waals surface area contributed by atoms with Crippen LogP contribution in [0.15, 0.2) is 47.0 Å². The third-order valence-electron chi connectivity index (χ3n) is 8.30. The molecule has 6 rings (SSSR count). The summed E-state index contributed by atoms with van der Waals surface area (Å²) in [5, 5.41) is 7.12. The summed E-state index contributed by atoms with van der Waals surface area (Å²) in [6.45, 7) is 0.897. The van der Waals surface area contributed by atoms with Crippen molar-refractivity contribution in [2.24, 2.45) is 19.1 Å². The zero-order chi connectivity index (χ0) is 36.2. The molecule has 1 saturated heterocycles. The summed E-state index contributed by atoms with van der Waals surface area (Å²) in [4.78, 5) is 73.8. The summed E-state index contributed by atoms with van der Waals surface area (Å²) in [6.07, 6.45) is 7.13. The monoisotopic (exact) mass is 717 g/mol. The molecule has 16 nitrogen and oxygen atoms in total. The first-order chi connectivity index (χ1) is 24.5. The number of thiazole rings is 1. The Morgan fingerprint density at radius 3 is 2.55 bits per heavy atom. The molecule has 4 aromatic rings. The highest BCUT2D eigenvalue weighted by atomic mass is 32.1. The summed E-state index contributed by atoms with van der Waals surface area (Å²) in [5.41, 5.74) is 1.73. The minimum atomic E-state index is -0.702. The van der Waals surface area contributed by atoms with Gasteiger partial charge in [0.15, 0.2) is 16.6 Å². The Hall–Kier alpha value is -5.97. The van der Waals surface area contributed by atoms with Crippen LogP contribution in [0.4, 0.5) is 16.5 Å². The highest BCUT2D eigenvalue weighted by Gasteiger charge is 2.32. The molecule has 3 aromatic heterocycles. The number of esters is 2. The molecule has 1 atom stereocenters. The molecule has 1 aromatic carbocycles. The van der Waals surface area contributed by atoms with Gasteiger partial charge in [0.25, 0.3) is 11.8 Å². The van der Waals surface area contributed by atoms with Crippen molar-refractivity contribution in [3.05, 3.63) is 64.7 Å². The molecular weight excluding hydrogens is 682 g/mol. The van der Waals surface area contributed by atoms with Crippen LogP contribution in [0.1, 0.15) is 67.5 Å². The fourth-order valence-electron chi connectivity index (χ4n) is 5.74. The number of carbonyl (C=O) groups excluding carboxylic acids is 5. The molecule has 3 amide bonds. The first-order valence-corrected chi connectivity index (χ1v) is 16.8. The fraction of sp³-hybridized carbons (Fsp3) is 0.324. The van der Waals surface area contributed by atoms with Gasteiger partial charge in [0.05, 0.1) is 43.8 Å². The van der Waals surface area contributed by atoms with E-state index in [0.717, 1.165) is 24.2 Å². The number of aryl methyl sites for hydroxylation is 2. The van der Waals surface area contributed by atoms with E-state index in [1.165, 1.54) is 53.3 Å². The maximum absolute atomic E-state index is 13.1. The molecule has 2 N–H and O–H groups in total. The fourth-order valence-corrected chi connectivity index (χ4v) is 6.45. The van der Waals surface area contributed by atoms with Crippen molar-refractivity contribution in [1.82, 2.24) is 19.0 Å². The van der Waals surface area contributed by atoms with E-state index in [1.54, 1.807) is 32.4 Å². The normalized spacial score (nSPS) is 14.7. The number of benzene rings is 1. The van der Waals surface area contributed by atoms with Gasteiger partial charge in [-0.25, -0.2) is 14.6 Å². The molecule has 0 aliphatic carbocycles. The Bertz CT molecular complexity index is 2050. The number of fused-ring (bicyclic) bond motifs is 2. The van der Waals surface area contributed by atoms with Crippen LogP contribution < -0.4 is 24.8 Å². The number of hydrogen-bond donors (Lipinski definition) is 2. The first-order valence-electron chi connectivity index (χ1n) is 15.9. The summed E-state index contributed by atoms with van der Waals surface area (Å²) in [5.74, 6) is -1.23. The molecule has 0 radical (unpaired) electrons. The van der Waals surface area contributed by atoms with E-state index in [4.69, 9.17) is 18.9 Å². The van der Waals surface area contributed by atoms with Gasteiger partial charge in [-0.15, -0.1) is 11.3 Å². The van der Waals surface area contributed by atoms with Gasteiger partial charge >= 0.3 is 11.9 Å². The largest absolute Gasteiger partial charge is 0.493 e. The number of anilines is 2. The van der Waals surface area contributed by atoms with Gasteiger partial charge in [-0.05, 0) is 31.4 Å². The van der Waals surface area contributed by atoms with Crippen molar-refractivity contribution in [1.29, 1.82) is 0 Å². The van der Waals surface area contributed by atoms with Crippen LogP contribution >= 0.6 is 11.3 Å². The van der Waals surface area contributed by atoms with Crippen molar-refractivity contribution in [2.45, 2.75) is 31.7 Å². The number of hydrogen-bond acceptors (Lipinski definition) is 12. The van der Waals surface area contributed by atoms with Crippen LogP contribution in [0.25, 0.3) is 0 Å². The van der Waals surface area contributed by atoms with Gasteiger partial charge in [-0.1, -0.05) is 0 Å². The lowest BCUT2D eigenvalue weighted by Gasteiger charge is -2.20. The minimum absolute atomic E-state index is 0.00971. The van der Waals surface area contributed by atoms with Crippen LogP contribution in [-0.4, -0.2) is 88.3 Å². The first kappa shape index (κ1) is 34.9. The number of aromatic nitrogens is 3. The topological polar surface area (TPSA) is 185 Å². The Balaban J connectivity index is 0.981. The third kappa shape index (κ3) is 7.62. The van der Waals surface area contributed by atoms with Gasteiger partial charge in [0, 0.05) is 63.2 Å². The van der Waals surface area contributed by atoms with Crippen molar-refractivity contribution in [2.75, 3.05) is 38.0 Å². The second kappa shape index (κ2) is 14.9. The predicted octanol–water partition coefficient (Wildman–Crippen LogP) is 4.21. The Labute approximate surface area is 296 Å². The van der Waals surface area contributed by atoms with Crippen LogP contribution in [0.3, 0.4) is 0 Å². The van der Waals surface area contributed by atoms with Crippen LogP contribution in [0.5, 0.6) is 17.2 Å². The average Bonchev–Trinajstić information content (AvgIpc) is 3.91. The summed E-state index contributed by atoms with van der Waals surface area (Å²) in [7, 11) is 5.98. The Morgan fingerprint density at radius 1 is 0.980 bits per heavy atom. The number of nitrogens with zero attached hydrogens (tertiary/aromatic N) is 5. The number of amides is 3. The van der Waals surface area contributed by atoms with Crippen LogP contribution in [0, 0.1) is 0 Å². The summed E-state index contributed by atoms with van der Waals surface area (Å²) < 4.78 is 24.5. The lowest BCUT2D eigenvalue weighted by molar-refractivity contribution is -0.116. The van der Waals surface area contributed by atoms with Crippen LogP contribution in [-0.2, 0) is 23.6 Å².